The number of ketones is 1. The van der Waals surface area contributed by atoms with Crippen LogP contribution in [-0.4, -0.2) is 5.78 Å². The molecule has 0 spiro atoms. The van der Waals surface area contributed by atoms with Crippen LogP contribution in [0.15, 0.2) is 35.9 Å². The van der Waals surface area contributed by atoms with Gasteiger partial charge in [-0.1, -0.05) is 38.1 Å². The summed E-state index contributed by atoms with van der Waals surface area (Å²) in [7, 11) is 0. The molecule has 0 aliphatic heterocycles. The molecule has 106 valence electrons. The van der Waals surface area contributed by atoms with Crippen molar-refractivity contribution in [1.29, 1.82) is 5.26 Å². The van der Waals surface area contributed by atoms with Crippen LogP contribution in [0.1, 0.15) is 37.0 Å². The highest BCUT2D eigenvalue weighted by Crippen LogP contribution is 2.53. The molecule has 1 atom stereocenters. The fraction of sp³-hybridized carbons (Fsp3) is 0.368. The molecule has 1 aromatic rings. The van der Waals surface area contributed by atoms with E-state index in [1.165, 1.54) is 16.7 Å². The van der Waals surface area contributed by atoms with Crippen LogP contribution in [0, 0.1) is 29.6 Å². The summed E-state index contributed by atoms with van der Waals surface area (Å²) in [5, 5.41) is 9.23. The zero-order valence-corrected chi connectivity index (χ0v) is 12.7. The van der Waals surface area contributed by atoms with Crippen LogP contribution in [0.3, 0.4) is 0 Å². The van der Waals surface area contributed by atoms with E-state index in [4.69, 9.17) is 0 Å². The first kappa shape index (κ1) is 13.8. The summed E-state index contributed by atoms with van der Waals surface area (Å²) in [6.07, 6.45) is 5.61. The van der Waals surface area contributed by atoms with E-state index < -0.39 is 0 Å². The molecule has 0 N–H and O–H groups in total. The largest absolute Gasteiger partial charge is 0.288 e. The lowest BCUT2D eigenvalue weighted by molar-refractivity contribution is -0.111. The molecule has 0 saturated carbocycles. The van der Waals surface area contributed by atoms with Crippen molar-refractivity contribution in [1.82, 2.24) is 0 Å². The topological polar surface area (TPSA) is 40.9 Å². The first-order chi connectivity index (χ1) is 9.99. The first-order valence-electron chi connectivity index (χ1n) is 7.48. The summed E-state index contributed by atoms with van der Waals surface area (Å²) in [5.41, 5.74) is 4.98. The Hall–Kier alpha value is -2.14. The zero-order valence-electron chi connectivity index (χ0n) is 12.7. The Balaban J connectivity index is 2.29. The van der Waals surface area contributed by atoms with E-state index in [1.807, 2.05) is 6.08 Å². The van der Waals surface area contributed by atoms with Crippen LogP contribution in [0.5, 0.6) is 0 Å². The summed E-state index contributed by atoms with van der Waals surface area (Å²) in [5.74, 6) is 0.202. The van der Waals surface area contributed by atoms with Crippen molar-refractivity contribution in [3.05, 3.63) is 52.6 Å². The zero-order chi connectivity index (χ0) is 15.2. The van der Waals surface area contributed by atoms with Gasteiger partial charge in [-0.25, -0.2) is 0 Å². The summed E-state index contributed by atoms with van der Waals surface area (Å²) in [4.78, 5) is 12.2. The fourth-order valence-corrected chi connectivity index (χ4v) is 3.78. The number of nitriles is 1. The summed E-state index contributed by atoms with van der Waals surface area (Å²) in [6, 6.07) is 8.41. The van der Waals surface area contributed by atoms with Crippen molar-refractivity contribution in [3.63, 3.8) is 0 Å². The van der Waals surface area contributed by atoms with E-state index in [0.717, 1.165) is 18.4 Å². The van der Waals surface area contributed by atoms with Crippen LogP contribution < -0.4 is 0 Å². The van der Waals surface area contributed by atoms with Crippen molar-refractivity contribution >= 4 is 11.4 Å². The van der Waals surface area contributed by atoms with Crippen molar-refractivity contribution in [2.45, 2.75) is 33.6 Å². The second-order valence-corrected chi connectivity index (χ2v) is 6.40. The van der Waals surface area contributed by atoms with Crippen LogP contribution in [0.4, 0.5) is 0 Å². The van der Waals surface area contributed by atoms with Gasteiger partial charge in [0.15, 0.2) is 5.78 Å². The maximum absolute atomic E-state index is 12.2. The highest BCUT2D eigenvalue weighted by Gasteiger charge is 2.43. The highest BCUT2D eigenvalue weighted by molar-refractivity contribution is 6.13. The number of allylic oxidation sites excluding steroid dienone is 4. The molecule has 3 rings (SSSR count). The molecular weight excluding hydrogens is 258 g/mol. The third-order valence-corrected chi connectivity index (χ3v) is 5.03. The van der Waals surface area contributed by atoms with Gasteiger partial charge in [-0.15, -0.1) is 0 Å². The quantitative estimate of drug-likeness (QED) is 0.778. The van der Waals surface area contributed by atoms with Crippen LogP contribution >= 0.6 is 0 Å². The predicted molar refractivity (Wildman–Crippen MR) is 83.5 cm³/mol. The molecule has 0 heterocycles. The Morgan fingerprint density at radius 2 is 2.10 bits per heavy atom. The minimum atomic E-state index is -0.182. The summed E-state index contributed by atoms with van der Waals surface area (Å²) in [6.45, 7) is 6.46. The lowest BCUT2D eigenvalue weighted by atomic mass is 9.59. The lowest BCUT2D eigenvalue weighted by Crippen LogP contribution is -2.35. The van der Waals surface area contributed by atoms with Gasteiger partial charge in [-0.2, -0.15) is 5.26 Å². The van der Waals surface area contributed by atoms with Crippen LogP contribution in [0.2, 0.25) is 0 Å². The average Bonchev–Trinajstić information content (AvgIpc) is 2.46. The number of fused-ring (bicyclic) bond motifs is 3. The number of aryl methyl sites for hydroxylation is 2. The highest BCUT2D eigenvalue weighted by atomic mass is 16.1. The normalized spacial score (nSPS) is 23.9. The Labute approximate surface area is 125 Å². The second-order valence-electron chi connectivity index (χ2n) is 6.40. The molecular formula is C19H19NO. The third-order valence-electron chi connectivity index (χ3n) is 5.03. The predicted octanol–water partition coefficient (Wildman–Crippen LogP) is 4.00. The average molecular weight is 277 g/mol. The monoisotopic (exact) mass is 277 g/mol. The van der Waals surface area contributed by atoms with Gasteiger partial charge in [-0.05, 0) is 54.0 Å². The molecule has 0 fully saturated rings. The number of carbonyl (C=O) groups is 1. The van der Waals surface area contributed by atoms with Gasteiger partial charge in [-0.3, -0.25) is 4.79 Å². The van der Waals surface area contributed by atoms with Gasteiger partial charge >= 0.3 is 0 Å². The van der Waals surface area contributed by atoms with Crippen molar-refractivity contribution in [2.75, 3.05) is 0 Å². The summed E-state index contributed by atoms with van der Waals surface area (Å²) < 4.78 is 0. The van der Waals surface area contributed by atoms with Gasteiger partial charge in [0, 0.05) is 5.41 Å². The molecule has 1 unspecified atom stereocenters. The molecule has 0 aromatic heterocycles. The number of rotatable bonds is 1. The molecule has 2 aliphatic carbocycles. The minimum absolute atomic E-state index is 0.153. The Morgan fingerprint density at radius 3 is 2.76 bits per heavy atom. The SMILES string of the molecule is Cc1cccc2c1C1=CC(=O)C(C#N)=CC1(C(C)C)CC2. The number of carbonyl (C=O) groups excluding carboxylic acids is 1. The van der Waals surface area contributed by atoms with Gasteiger partial charge in [0.2, 0.25) is 0 Å². The fourth-order valence-electron chi connectivity index (χ4n) is 3.78. The molecule has 2 aliphatic rings. The number of nitrogens with zero attached hydrogens (tertiary/aromatic N) is 1. The number of benzene rings is 1. The minimum Gasteiger partial charge on any atom is -0.288 e. The van der Waals surface area contributed by atoms with E-state index in [9.17, 15) is 10.1 Å². The standard InChI is InChI=1S/C19H19NO/c1-12(2)19-8-7-14-6-4-5-13(3)18(14)16(19)9-17(21)15(10-19)11-20/h4-6,9-10,12H,7-8H2,1-3H3. The van der Waals surface area contributed by atoms with Gasteiger partial charge in [0.1, 0.15) is 6.07 Å². The molecule has 21 heavy (non-hydrogen) atoms. The van der Waals surface area contributed by atoms with E-state index in [2.05, 4.69) is 45.0 Å². The van der Waals surface area contributed by atoms with Crippen molar-refractivity contribution < 1.29 is 4.79 Å². The van der Waals surface area contributed by atoms with E-state index in [1.54, 1.807) is 6.08 Å². The molecule has 0 radical (unpaired) electrons. The van der Waals surface area contributed by atoms with Gasteiger partial charge in [0.05, 0.1) is 5.57 Å². The van der Waals surface area contributed by atoms with E-state index >= 15 is 0 Å². The molecule has 0 saturated heterocycles. The van der Waals surface area contributed by atoms with Crippen LogP contribution in [-0.2, 0) is 11.2 Å². The maximum atomic E-state index is 12.2. The Bertz CT molecular complexity index is 730. The van der Waals surface area contributed by atoms with Gasteiger partial charge in [0.25, 0.3) is 0 Å². The van der Waals surface area contributed by atoms with Crippen molar-refractivity contribution in [2.24, 2.45) is 11.3 Å². The Kier molecular flexibility index (Phi) is 3.10. The lowest BCUT2D eigenvalue weighted by Gasteiger charge is -2.44. The first-order valence-corrected chi connectivity index (χ1v) is 7.48. The van der Waals surface area contributed by atoms with Crippen LogP contribution in [0.25, 0.3) is 5.57 Å². The second kappa shape index (κ2) is 4.70. The van der Waals surface area contributed by atoms with E-state index in [-0.39, 0.29) is 11.2 Å². The number of hydrogen-bond acceptors (Lipinski definition) is 2. The molecule has 0 amide bonds. The number of hydrogen-bond donors (Lipinski definition) is 0. The molecule has 1 aromatic carbocycles. The third kappa shape index (κ3) is 1.88. The molecule has 0 bridgehead atoms. The molecule has 2 heteroatoms. The Morgan fingerprint density at radius 1 is 1.33 bits per heavy atom. The van der Waals surface area contributed by atoms with Gasteiger partial charge < -0.3 is 0 Å². The van der Waals surface area contributed by atoms with Crippen molar-refractivity contribution in [3.8, 4) is 6.07 Å². The summed E-state index contributed by atoms with van der Waals surface area (Å²) >= 11 is 0. The maximum Gasteiger partial charge on any atom is 0.196 e. The van der Waals surface area contributed by atoms with E-state index in [0.29, 0.717) is 11.5 Å². The smallest absolute Gasteiger partial charge is 0.196 e. The molecule has 2 nitrogen and oxygen atoms in total.